The molecule has 0 spiro atoms. The molecule has 8 heteroatoms. The number of carbonyl (C=O) groups is 3. The van der Waals surface area contributed by atoms with Crippen LogP contribution in [0.3, 0.4) is 0 Å². The van der Waals surface area contributed by atoms with Crippen molar-refractivity contribution in [1.29, 1.82) is 0 Å². The van der Waals surface area contributed by atoms with Crippen molar-refractivity contribution in [3.63, 3.8) is 0 Å². The molecular formula is C11H16N2O6. The molecule has 19 heavy (non-hydrogen) atoms. The van der Waals surface area contributed by atoms with Crippen molar-refractivity contribution in [3.8, 4) is 0 Å². The molecule has 0 aromatic heterocycles. The van der Waals surface area contributed by atoms with Gasteiger partial charge in [-0.2, -0.15) is 0 Å². The first-order valence-electron chi connectivity index (χ1n) is 6.06. The number of ether oxygens (including phenoxy) is 2. The summed E-state index contributed by atoms with van der Waals surface area (Å²) in [5.41, 5.74) is 5.27. The third-order valence-electron chi connectivity index (χ3n) is 3.17. The highest BCUT2D eigenvalue weighted by molar-refractivity contribution is 5.83. The van der Waals surface area contributed by atoms with Gasteiger partial charge in [0.15, 0.2) is 0 Å². The van der Waals surface area contributed by atoms with Gasteiger partial charge in [-0.3, -0.25) is 14.4 Å². The predicted octanol–water partition coefficient (Wildman–Crippen LogP) is -1.32. The van der Waals surface area contributed by atoms with Crippen molar-refractivity contribution in [2.24, 2.45) is 5.73 Å². The first-order valence-corrected chi connectivity index (χ1v) is 6.06. The number of β-lactam (4-membered cyclic amide) rings is 1. The van der Waals surface area contributed by atoms with E-state index in [0.29, 0.717) is 13.0 Å². The maximum absolute atomic E-state index is 11.4. The number of fused-ring (bicyclic) bond motifs is 1. The highest BCUT2D eigenvalue weighted by atomic mass is 16.6. The topological polar surface area (TPSA) is 119 Å². The molecule has 8 nitrogen and oxygen atoms in total. The summed E-state index contributed by atoms with van der Waals surface area (Å²) in [6.45, 7) is 0.507. The number of nitrogens with two attached hydrogens (primary N) is 1. The number of amides is 1. The van der Waals surface area contributed by atoms with Gasteiger partial charge in [0, 0.05) is 6.42 Å². The Balaban J connectivity index is 1.62. The van der Waals surface area contributed by atoms with Gasteiger partial charge in [-0.15, -0.1) is 0 Å². The molecular weight excluding hydrogens is 256 g/mol. The Morgan fingerprint density at radius 2 is 2.32 bits per heavy atom. The maximum atomic E-state index is 11.4. The number of carboxylic acid groups (broad SMARTS) is 1. The van der Waals surface area contributed by atoms with E-state index in [1.807, 2.05) is 0 Å². The molecule has 0 aromatic carbocycles. The third-order valence-corrected chi connectivity index (χ3v) is 3.17. The minimum Gasteiger partial charge on any atom is -0.480 e. The summed E-state index contributed by atoms with van der Waals surface area (Å²) >= 11 is 0. The number of hydrogen-bond donors (Lipinski definition) is 2. The van der Waals surface area contributed by atoms with E-state index >= 15 is 0 Å². The zero-order valence-corrected chi connectivity index (χ0v) is 10.3. The van der Waals surface area contributed by atoms with Gasteiger partial charge >= 0.3 is 11.9 Å². The second-order valence-corrected chi connectivity index (χ2v) is 4.63. The predicted molar refractivity (Wildman–Crippen MR) is 60.8 cm³/mol. The Morgan fingerprint density at radius 3 is 2.89 bits per heavy atom. The summed E-state index contributed by atoms with van der Waals surface area (Å²) in [5.74, 6) is -1.61. The van der Waals surface area contributed by atoms with Gasteiger partial charge in [0.2, 0.25) is 5.91 Å². The second kappa shape index (κ2) is 5.54. The number of nitrogens with zero attached hydrogens (tertiary/aromatic N) is 1. The second-order valence-electron chi connectivity index (χ2n) is 4.63. The van der Waals surface area contributed by atoms with Gasteiger partial charge in [-0.25, -0.2) is 0 Å². The molecule has 2 saturated heterocycles. The molecule has 2 heterocycles. The first kappa shape index (κ1) is 13.8. The Morgan fingerprint density at radius 1 is 1.58 bits per heavy atom. The molecule has 2 aliphatic rings. The average molecular weight is 272 g/mol. The SMILES string of the molecule is NC(CCC(=O)OCC1CN2C(=O)CC2O1)C(=O)O. The lowest BCUT2D eigenvalue weighted by atomic mass is 10.2. The summed E-state index contributed by atoms with van der Waals surface area (Å²) in [6.07, 6.45) is -0.0953. The standard InChI is InChI=1S/C11H16N2O6/c12-7(11(16)17)1-2-10(15)18-5-6-4-13-8(14)3-9(13)19-6/h6-7,9H,1-5,12H2,(H,16,17). The molecule has 2 fully saturated rings. The van der Waals surface area contributed by atoms with Crippen molar-refractivity contribution in [2.75, 3.05) is 13.2 Å². The van der Waals surface area contributed by atoms with Crippen LogP contribution in [0.1, 0.15) is 19.3 Å². The average Bonchev–Trinajstić information content (AvgIpc) is 2.70. The Labute approximate surface area is 109 Å². The third kappa shape index (κ3) is 3.21. The van der Waals surface area contributed by atoms with E-state index in [2.05, 4.69) is 0 Å². The first-order chi connectivity index (χ1) is 8.97. The minimum atomic E-state index is -1.14. The molecule has 0 saturated carbocycles. The summed E-state index contributed by atoms with van der Waals surface area (Å²) < 4.78 is 10.4. The normalized spacial score (nSPS) is 26.6. The van der Waals surface area contributed by atoms with Crippen LogP contribution >= 0.6 is 0 Å². The van der Waals surface area contributed by atoms with Crippen LogP contribution < -0.4 is 5.73 Å². The molecule has 3 unspecified atom stereocenters. The van der Waals surface area contributed by atoms with E-state index in [0.717, 1.165) is 0 Å². The minimum absolute atomic E-state index is 0.0346. The molecule has 0 aromatic rings. The van der Waals surface area contributed by atoms with Crippen molar-refractivity contribution in [3.05, 3.63) is 0 Å². The molecule has 3 atom stereocenters. The van der Waals surface area contributed by atoms with E-state index in [1.165, 1.54) is 0 Å². The lowest BCUT2D eigenvalue weighted by molar-refractivity contribution is -0.159. The number of aliphatic carboxylic acids is 1. The molecule has 0 aliphatic carbocycles. The van der Waals surface area contributed by atoms with Gasteiger partial charge in [-0.1, -0.05) is 0 Å². The van der Waals surface area contributed by atoms with E-state index in [-0.39, 0.29) is 37.7 Å². The van der Waals surface area contributed by atoms with E-state index in [4.69, 9.17) is 20.3 Å². The van der Waals surface area contributed by atoms with Gasteiger partial charge in [0.1, 0.15) is 25.0 Å². The van der Waals surface area contributed by atoms with Crippen molar-refractivity contribution in [1.82, 2.24) is 4.90 Å². The van der Waals surface area contributed by atoms with Crippen LogP contribution in [0.25, 0.3) is 0 Å². The summed E-state index contributed by atoms with van der Waals surface area (Å²) in [5, 5.41) is 8.55. The van der Waals surface area contributed by atoms with Crippen molar-refractivity contribution < 1.29 is 29.0 Å². The van der Waals surface area contributed by atoms with Crippen molar-refractivity contribution >= 4 is 17.8 Å². The highest BCUT2D eigenvalue weighted by Crippen LogP contribution is 2.28. The molecule has 2 rings (SSSR count). The number of rotatable bonds is 6. The number of carbonyl (C=O) groups excluding carboxylic acids is 2. The maximum Gasteiger partial charge on any atom is 0.320 e. The highest BCUT2D eigenvalue weighted by Gasteiger charge is 2.45. The van der Waals surface area contributed by atoms with Crippen LogP contribution in [-0.4, -0.2) is 59.4 Å². The summed E-state index contributed by atoms with van der Waals surface area (Å²) in [4.78, 5) is 34.5. The fraction of sp³-hybridized carbons (Fsp3) is 0.727. The fourth-order valence-corrected chi connectivity index (χ4v) is 2.00. The Hall–Kier alpha value is -1.67. The van der Waals surface area contributed by atoms with Crippen molar-refractivity contribution in [2.45, 2.75) is 37.6 Å². The van der Waals surface area contributed by atoms with E-state index < -0.39 is 18.0 Å². The summed E-state index contributed by atoms with van der Waals surface area (Å²) in [6, 6.07) is -1.06. The largest absolute Gasteiger partial charge is 0.480 e. The van der Waals surface area contributed by atoms with Gasteiger partial charge < -0.3 is 25.2 Å². The molecule has 3 N–H and O–H groups in total. The molecule has 0 bridgehead atoms. The number of carboxylic acids is 1. The van der Waals surface area contributed by atoms with Gasteiger partial charge in [0.05, 0.1) is 13.0 Å². The fourth-order valence-electron chi connectivity index (χ4n) is 2.00. The van der Waals surface area contributed by atoms with Gasteiger partial charge in [0.25, 0.3) is 0 Å². The summed E-state index contributed by atoms with van der Waals surface area (Å²) in [7, 11) is 0. The molecule has 1 amide bonds. The number of esters is 1. The van der Waals surface area contributed by atoms with Crippen LogP contribution in [0.15, 0.2) is 0 Å². The van der Waals surface area contributed by atoms with Crippen LogP contribution in [0.4, 0.5) is 0 Å². The van der Waals surface area contributed by atoms with Crippen LogP contribution in [0.5, 0.6) is 0 Å². The van der Waals surface area contributed by atoms with Crippen LogP contribution in [-0.2, 0) is 23.9 Å². The smallest absolute Gasteiger partial charge is 0.320 e. The lowest BCUT2D eigenvalue weighted by Crippen LogP contribution is -2.48. The van der Waals surface area contributed by atoms with Crippen LogP contribution in [0, 0.1) is 0 Å². The number of hydrogen-bond acceptors (Lipinski definition) is 6. The van der Waals surface area contributed by atoms with E-state index in [9.17, 15) is 14.4 Å². The Kier molecular flexibility index (Phi) is 4.01. The quantitative estimate of drug-likeness (QED) is 0.454. The zero-order valence-electron chi connectivity index (χ0n) is 10.3. The lowest BCUT2D eigenvalue weighted by Gasteiger charge is -2.31. The van der Waals surface area contributed by atoms with Crippen LogP contribution in [0.2, 0.25) is 0 Å². The molecule has 0 radical (unpaired) electrons. The monoisotopic (exact) mass is 272 g/mol. The molecule has 2 aliphatic heterocycles. The van der Waals surface area contributed by atoms with E-state index in [1.54, 1.807) is 4.90 Å². The Bertz CT molecular complexity index is 399. The molecule has 106 valence electrons. The van der Waals surface area contributed by atoms with Gasteiger partial charge in [-0.05, 0) is 6.42 Å². The zero-order chi connectivity index (χ0) is 14.0.